The Bertz CT molecular complexity index is 836. The van der Waals surface area contributed by atoms with Gasteiger partial charge in [-0.25, -0.2) is 17.4 Å². The molecule has 0 aliphatic heterocycles. The van der Waals surface area contributed by atoms with Crippen molar-refractivity contribution >= 4 is 21.1 Å². The Hall–Kier alpha value is -2.14. The first-order chi connectivity index (χ1) is 9.07. The van der Waals surface area contributed by atoms with Gasteiger partial charge in [0.15, 0.2) is 5.82 Å². The molecule has 0 amide bonds. The number of aromatic nitrogens is 2. The summed E-state index contributed by atoms with van der Waals surface area (Å²) < 4.78 is 25.3. The van der Waals surface area contributed by atoms with E-state index >= 15 is 0 Å². The maximum atomic E-state index is 12.0. The highest BCUT2D eigenvalue weighted by Gasteiger charge is 2.18. The Labute approximate surface area is 111 Å². The van der Waals surface area contributed by atoms with Gasteiger partial charge in [0.25, 0.3) is 0 Å². The Kier molecular flexibility index (Phi) is 2.64. The zero-order valence-electron chi connectivity index (χ0n) is 10.3. The van der Waals surface area contributed by atoms with Gasteiger partial charge in [-0.05, 0) is 12.1 Å². The highest BCUT2D eigenvalue weighted by Crippen LogP contribution is 2.25. The van der Waals surface area contributed by atoms with Crippen LogP contribution in [0.4, 0.5) is 0 Å². The first kappa shape index (κ1) is 11.9. The first-order valence-corrected chi connectivity index (χ1v) is 7.65. The third-order valence-corrected chi connectivity index (χ3v) is 3.92. The van der Waals surface area contributed by atoms with Gasteiger partial charge < -0.3 is 0 Å². The van der Waals surface area contributed by atoms with Gasteiger partial charge >= 0.3 is 0 Å². The fourth-order valence-corrected chi connectivity index (χ4v) is 3.08. The lowest BCUT2D eigenvalue weighted by atomic mass is 10.2. The lowest BCUT2D eigenvalue weighted by Crippen LogP contribution is -2.11. The van der Waals surface area contributed by atoms with Crippen molar-refractivity contribution in [3.63, 3.8) is 0 Å². The van der Waals surface area contributed by atoms with Crippen LogP contribution in [0, 0.1) is 0 Å². The third kappa shape index (κ3) is 2.02. The molecule has 3 rings (SSSR count). The number of nitrogens with zero attached hydrogens (tertiary/aromatic N) is 2. The minimum atomic E-state index is -3.41. The van der Waals surface area contributed by atoms with Gasteiger partial charge in [0, 0.05) is 5.56 Å². The molecule has 0 saturated heterocycles. The summed E-state index contributed by atoms with van der Waals surface area (Å²) in [5, 5.41) is 0. The summed E-state index contributed by atoms with van der Waals surface area (Å²) >= 11 is 0. The fraction of sp³-hybridized carbons (Fsp3) is 0.0714. The van der Waals surface area contributed by atoms with Crippen molar-refractivity contribution in [2.24, 2.45) is 0 Å². The van der Waals surface area contributed by atoms with Crippen molar-refractivity contribution in [3.8, 4) is 11.4 Å². The number of benzene rings is 2. The SMILES string of the molecule is CS(=O)(=O)n1c(-c2ccccc2)nc2ccccc21. The van der Waals surface area contributed by atoms with Crippen LogP contribution in [-0.4, -0.2) is 23.6 Å². The van der Waals surface area contributed by atoms with Gasteiger partial charge in [-0.15, -0.1) is 0 Å². The normalized spacial score (nSPS) is 11.8. The van der Waals surface area contributed by atoms with Crippen LogP contribution in [-0.2, 0) is 10.0 Å². The number of para-hydroxylation sites is 2. The van der Waals surface area contributed by atoms with Crippen LogP contribution in [0.5, 0.6) is 0 Å². The van der Waals surface area contributed by atoms with E-state index in [1.165, 1.54) is 10.2 Å². The molecule has 0 aliphatic carbocycles. The zero-order valence-corrected chi connectivity index (χ0v) is 11.1. The monoisotopic (exact) mass is 272 g/mol. The summed E-state index contributed by atoms with van der Waals surface area (Å²) in [6, 6.07) is 16.5. The second-order valence-corrected chi connectivity index (χ2v) is 6.15. The average Bonchev–Trinajstić information content (AvgIpc) is 2.79. The molecule has 96 valence electrons. The number of hydrogen-bond acceptors (Lipinski definition) is 3. The van der Waals surface area contributed by atoms with Gasteiger partial charge in [-0.2, -0.15) is 0 Å². The van der Waals surface area contributed by atoms with E-state index in [0.717, 1.165) is 5.56 Å². The van der Waals surface area contributed by atoms with E-state index < -0.39 is 10.0 Å². The summed E-state index contributed by atoms with van der Waals surface area (Å²) in [5.74, 6) is 0.448. The maximum Gasteiger partial charge on any atom is 0.237 e. The molecule has 0 fully saturated rings. The molecule has 0 unspecified atom stereocenters. The van der Waals surface area contributed by atoms with E-state index in [-0.39, 0.29) is 0 Å². The molecule has 1 heterocycles. The lowest BCUT2D eigenvalue weighted by Gasteiger charge is -2.06. The standard InChI is InChI=1S/C14H12N2O2S/c1-19(17,18)16-13-10-6-5-9-12(13)15-14(16)11-7-3-2-4-8-11/h2-10H,1H3. The number of hydrogen-bond donors (Lipinski definition) is 0. The molecule has 19 heavy (non-hydrogen) atoms. The van der Waals surface area contributed by atoms with Crippen molar-refractivity contribution in [1.82, 2.24) is 8.96 Å². The maximum absolute atomic E-state index is 12.0. The average molecular weight is 272 g/mol. The molecule has 0 spiro atoms. The van der Waals surface area contributed by atoms with Crippen molar-refractivity contribution in [1.29, 1.82) is 0 Å². The first-order valence-electron chi connectivity index (χ1n) is 5.81. The predicted molar refractivity (Wildman–Crippen MR) is 75.4 cm³/mol. The highest BCUT2D eigenvalue weighted by atomic mass is 32.2. The van der Waals surface area contributed by atoms with E-state index in [1.807, 2.05) is 42.5 Å². The minimum absolute atomic E-state index is 0.448. The summed E-state index contributed by atoms with van der Waals surface area (Å²) in [5.41, 5.74) is 2.06. The van der Waals surface area contributed by atoms with Gasteiger partial charge in [-0.1, -0.05) is 42.5 Å². The fourth-order valence-electron chi connectivity index (χ4n) is 2.11. The largest absolute Gasteiger partial charge is 0.237 e. The molecule has 0 radical (unpaired) electrons. The Morgan fingerprint density at radius 1 is 0.947 bits per heavy atom. The van der Waals surface area contributed by atoms with Crippen molar-refractivity contribution in [2.75, 3.05) is 6.26 Å². The second kappa shape index (κ2) is 4.20. The van der Waals surface area contributed by atoms with Gasteiger partial charge in [-0.3, -0.25) is 0 Å². The van der Waals surface area contributed by atoms with E-state index in [1.54, 1.807) is 12.1 Å². The van der Waals surface area contributed by atoms with E-state index in [0.29, 0.717) is 16.9 Å². The molecule has 2 aromatic carbocycles. The minimum Gasteiger partial charge on any atom is -0.227 e. The molecule has 0 bridgehead atoms. The molecule has 5 heteroatoms. The van der Waals surface area contributed by atoms with Crippen LogP contribution in [0.1, 0.15) is 0 Å². The molecule has 0 atom stereocenters. The van der Waals surface area contributed by atoms with Crippen LogP contribution >= 0.6 is 0 Å². The Morgan fingerprint density at radius 2 is 1.58 bits per heavy atom. The van der Waals surface area contributed by atoms with E-state index in [9.17, 15) is 8.42 Å². The van der Waals surface area contributed by atoms with Gasteiger partial charge in [0.1, 0.15) is 0 Å². The number of fused-ring (bicyclic) bond motifs is 1. The Balaban J connectivity index is 2.43. The molecular formula is C14H12N2O2S. The quantitative estimate of drug-likeness (QED) is 0.720. The van der Waals surface area contributed by atoms with Crippen LogP contribution in [0.15, 0.2) is 54.6 Å². The van der Waals surface area contributed by atoms with E-state index in [2.05, 4.69) is 4.98 Å². The summed E-state index contributed by atoms with van der Waals surface area (Å²) in [6.07, 6.45) is 1.19. The summed E-state index contributed by atoms with van der Waals surface area (Å²) in [7, 11) is -3.41. The van der Waals surface area contributed by atoms with Crippen molar-refractivity contribution in [2.45, 2.75) is 0 Å². The van der Waals surface area contributed by atoms with Crippen LogP contribution in [0.3, 0.4) is 0 Å². The summed E-state index contributed by atoms with van der Waals surface area (Å²) in [6.45, 7) is 0. The van der Waals surface area contributed by atoms with Gasteiger partial charge in [0.2, 0.25) is 10.0 Å². The molecule has 1 aromatic heterocycles. The molecular weight excluding hydrogens is 260 g/mol. The van der Waals surface area contributed by atoms with Gasteiger partial charge in [0.05, 0.1) is 17.3 Å². The second-order valence-electron chi connectivity index (χ2n) is 4.32. The molecule has 0 aliphatic rings. The highest BCUT2D eigenvalue weighted by molar-refractivity contribution is 7.89. The van der Waals surface area contributed by atoms with Crippen LogP contribution < -0.4 is 0 Å². The topological polar surface area (TPSA) is 52.0 Å². The summed E-state index contributed by atoms with van der Waals surface area (Å²) in [4.78, 5) is 4.43. The lowest BCUT2D eigenvalue weighted by molar-refractivity contribution is 0.595. The number of imidazole rings is 1. The van der Waals surface area contributed by atoms with Crippen molar-refractivity contribution < 1.29 is 8.42 Å². The molecule has 0 N–H and O–H groups in total. The zero-order chi connectivity index (χ0) is 13.5. The molecule has 0 saturated carbocycles. The number of rotatable bonds is 2. The van der Waals surface area contributed by atoms with Crippen molar-refractivity contribution in [3.05, 3.63) is 54.6 Å². The molecule has 4 nitrogen and oxygen atoms in total. The predicted octanol–water partition coefficient (Wildman–Crippen LogP) is 2.51. The molecule has 3 aromatic rings. The van der Waals surface area contributed by atoms with Crippen LogP contribution in [0.2, 0.25) is 0 Å². The smallest absolute Gasteiger partial charge is 0.227 e. The van der Waals surface area contributed by atoms with E-state index in [4.69, 9.17) is 0 Å². The van der Waals surface area contributed by atoms with Crippen LogP contribution in [0.25, 0.3) is 22.4 Å². The third-order valence-electron chi connectivity index (χ3n) is 2.88. The Morgan fingerprint density at radius 3 is 2.26 bits per heavy atom.